The number of aromatic nitrogens is 4. The van der Waals surface area contributed by atoms with Crippen LogP contribution in [0.3, 0.4) is 0 Å². The fraction of sp³-hybridized carbons (Fsp3) is 0.250. The Labute approximate surface area is 165 Å². The normalized spacial score (nSPS) is 15.5. The second-order valence-electron chi connectivity index (χ2n) is 6.48. The van der Waals surface area contributed by atoms with Crippen molar-refractivity contribution in [2.24, 2.45) is 0 Å². The summed E-state index contributed by atoms with van der Waals surface area (Å²) in [6, 6.07) is 12.6. The van der Waals surface area contributed by atoms with Crippen molar-refractivity contribution in [3.8, 4) is 11.5 Å². The van der Waals surface area contributed by atoms with Crippen molar-refractivity contribution >= 4 is 11.6 Å². The molecule has 1 atom stereocenters. The molecule has 150 valence electrons. The van der Waals surface area contributed by atoms with Crippen LogP contribution in [-0.4, -0.2) is 33.4 Å². The lowest BCUT2D eigenvalue weighted by Crippen LogP contribution is -2.20. The van der Waals surface area contributed by atoms with E-state index in [4.69, 9.17) is 4.74 Å². The molecule has 2 aromatic carbocycles. The zero-order valence-corrected chi connectivity index (χ0v) is 15.8. The number of aryl methyl sites for hydroxylation is 1. The van der Waals surface area contributed by atoms with E-state index in [1.165, 1.54) is 6.07 Å². The molecule has 7 nitrogen and oxygen atoms in total. The van der Waals surface area contributed by atoms with E-state index in [1.807, 2.05) is 37.3 Å². The largest absolute Gasteiger partial charge is 0.490 e. The van der Waals surface area contributed by atoms with E-state index in [0.29, 0.717) is 12.6 Å². The summed E-state index contributed by atoms with van der Waals surface area (Å²) in [5.41, 5.74) is 3.76. The molecule has 4 rings (SSSR count). The van der Waals surface area contributed by atoms with Gasteiger partial charge in [0.2, 0.25) is 5.95 Å². The van der Waals surface area contributed by atoms with Crippen LogP contribution in [-0.2, 0) is 0 Å². The number of tetrazole rings is 1. The van der Waals surface area contributed by atoms with Gasteiger partial charge in [-0.25, -0.2) is 0 Å². The zero-order chi connectivity index (χ0) is 20.4. The monoisotopic (exact) mass is 399 g/mol. The van der Waals surface area contributed by atoms with Gasteiger partial charge in [0.15, 0.2) is 11.5 Å². The lowest BCUT2D eigenvalue weighted by atomic mass is 10.0. The minimum atomic E-state index is -2.93. The second-order valence-corrected chi connectivity index (χ2v) is 6.48. The number of nitrogens with zero attached hydrogens (tertiary/aromatic N) is 4. The number of rotatable bonds is 6. The smallest absolute Gasteiger partial charge is 0.387 e. The highest BCUT2D eigenvalue weighted by molar-refractivity contribution is 5.77. The van der Waals surface area contributed by atoms with Crippen molar-refractivity contribution in [2.75, 3.05) is 11.9 Å². The molecule has 0 radical (unpaired) electrons. The first-order valence-corrected chi connectivity index (χ1v) is 9.10. The molecule has 0 saturated heterocycles. The predicted octanol–water partition coefficient (Wildman–Crippen LogP) is 4.04. The summed E-state index contributed by atoms with van der Waals surface area (Å²) in [5.74, 6) is 0.710. The maximum atomic E-state index is 12.7. The Hall–Kier alpha value is -3.49. The van der Waals surface area contributed by atoms with Crippen LogP contribution in [0.4, 0.5) is 14.7 Å². The average molecular weight is 399 g/mol. The quantitative estimate of drug-likeness (QED) is 0.674. The van der Waals surface area contributed by atoms with Gasteiger partial charge in [0.1, 0.15) is 6.04 Å². The first kappa shape index (κ1) is 18.9. The number of alkyl halides is 2. The van der Waals surface area contributed by atoms with Gasteiger partial charge in [-0.3, -0.25) is 0 Å². The van der Waals surface area contributed by atoms with E-state index in [2.05, 4.69) is 25.6 Å². The van der Waals surface area contributed by atoms with Crippen LogP contribution in [0.5, 0.6) is 11.5 Å². The molecule has 1 aliphatic heterocycles. The SMILES string of the molecule is CCOc1cc([C@@H]2C=C(c3ccc(C)cc3)Nc3nnnn32)ccc1OC(F)F. The van der Waals surface area contributed by atoms with Crippen molar-refractivity contribution in [1.82, 2.24) is 20.2 Å². The van der Waals surface area contributed by atoms with Crippen molar-refractivity contribution in [2.45, 2.75) is 26.5 Å². The zero-order valence-electron chi connectivity index (χ0n) is 15.8. The highest BCUT2D eigenvalue weighted by Gasteiger charge is 2.25. The van der Waals surface area contributed by atoms with Crippen molar-refractivity contribution in [3.63, 3.8) is 0 Å². The summed E-state index contributed by atoms with van der Waals surface area (Å²) >= 11 is 0. The molecule has 1 aliphatic rings. The Kier molecular flexibility index (Phi) is 5.11. The number of benzene rings is 2. The van der Waals surface area contributed by atoms with Crippen LogP contribution >= 0.6 is 0 Å². The van der Waals surface area contributed by atoms with E-state index >= 15 is 0 Å². The number of nitrogens with one attached hydrogen (secondary N) is 1. The van der Waals surface area contributed by atoms with Crippen LogP contribution in [0.15, 0.2) is 48.5 Å². The maximum Gasteiger partial charge on any atom is 0.387 e. The molecule has 0 spiro atoms. The highest BCUT2D eigenvalue weighted by atomic mass is 19.3. The minimum absolute atomic E-state index is 0.0146. The third-order valence-electron chi connectivity index (χ3n) is 4.52. The van der Waals surface area contributed by atoms with Gasteiger partial charge in [0, 0.05) is 5.70 Å². The van der Waals surface area contributed by atoms with E-state index in [-0.39, 0.29) is 17.5 Å². The maximum absolute atomic E-state index is 12.7. The summed E-state index contributed by atoms with van der Waals surface area (Å²) in [6.07, 6.45) is 1.98. The van der Waals surface area contributed by atoms with Gasteiger partial charge in [0.05, 0.1) is 6.61 Å². The molecule has 3 aromatic rings. The van der Waals surface area contributed by atoms with Crippen LogP contribution in [0.25, 0.3) is 5.70 Å². The van der Waals surface area contributed by atoms with Gasteiger partial charge in [-0.1, -0.05) is 41.0 Å². The Bertz CT molecular complexity index is 1030. The van der Waals surface area contributed by atoms with Crippen LogP contribution < -0.4 is 14.8 Å². The average Bonchev–Trinajstić information content (AvgIpc) is 3.18. The number of ether oxygens (including phenoxy) is 2. The van der Waals surface area contributed by atoms with E-state index in [1.54, 1.807) is 23.7 Å². The first-order chi connectivity index (χ1) is 14.0. The first-order valence-electron chi connectivity index (χ1n) is 9.10. The molecule has 2 heterocycles. The van der Waals surface area contributed by atoms with Gasteiger partial charge >= 0.3 is 6.61 Å². The molecule has 29 heavy (non-hydrogen) atoms. The van der Waals surface area contributed by atoms with Crippen LogP contribution in [0, 0.1) is 6.92 Å². The molecule has 0 bridgehead atoms. The van der Waals surface area contributed by atoms with Crippen LogP contribution in [0.2, 0.25) is 0 Å². The van der Waals surface area contributed by atoms with Crippen molar-refractivity contribution < 1.29 is 18.3 Å². The van der Waals surface area contributed by atoms with Crippen molar-refractivity contribution in [1.29, 1.82) is 0 Å². The minimum Gasteiger partial charge on any atom is -0.490 e. The fourth-order valence-corrected chi connectivity index (χ4v) is 3.16. The van der Waals surface area contributed by atoms with Gasteiger partial charge in [-0.2, -0.15) is 13.5 Å². The summed E-state index contributed by atoms with van der Waals surface area (Å²) in [6.45, 7) is 1.18. The molecule has 1 N–H and O–H groups in total. The standard InChI is InChI=1S/C20H19F2N5O2/c1-3-28-18-10-14(8-9-17(18)29-19(21)22)16-11-15(13-6-4-12(2)5-7-13)23-20-24-25-26-27(16)20/h4-11,16,19H,3H2,1-2H3,(H,23,24,26)/t16-/m0/s1. The van der Waals surface area contributed by atoms with E-state index < -0.39 is 6.61 Å². The summed E-state index contributed by atoms with van der Waals surface area (Å²) in [4.78, 5) is 0. The molecule has 1 aromatic heterocycles. The fourth-order valence-electron chi connectivity index (χ4n) is 3.16. The lowest BCUT2D eigenvalue weighted by Gasteiger charge is -2.24. The molecule has 0 aliphatic carbocycles. The van der Waals surface area contributed by atoms with Gasteiger partial charge < -0.3 is 14.8 Å². The van der Waals surface area contributed by atoms with E-state index in [9.17, 15) is 8.78 Å². The molecule has 0 unspecified atom stereocenters. The number of hydrogen-bond acceptors (Lipinski definition) is 6. The summed E-state index contributed by atoms with van der Waals surface area (Å²) in [5, 5.41) is 15.1. The summed E-state index contributed by atoms with van der Waals surface area (Å²) < 4.78 is 37.1. The van der Waals surface area contributed by atoms with Gasteiger partial charge in [-0.05, 0) is 53.6 Å². The van der Waals surface area contributed by atoms with Crippen molar-refractivity contribution in [3.05, 3.63) is 65.2 Å². The lowest BCUT2D eigenvalue weighted by molar-refractivity contribution is -0.0514. The predicted molar refractivity (Wildman–Crippen MR) is 103 cm³/mol. The molecular weight excluding hydrogens is 380 g/mol. The number of anilines is 1. The Morgan fingerprint density at radius 1 is 1.14 bits per heavy atom. The highest BCUT2D eigenvalue weighted by Crippen LogP contribution is 2.36. The second kappa shape index (κ2) is 7.86. The number of allylic oxidation sites excluding steroid dienone is 1. The molecule has 0 amide bonds. The topological polar surface area (TPSA) is 74.1 Å². The van der Waals surface area contributed by atoms with Gasteiger partial charge in [0.25, 0.3) is 0 Å². The number of halogens is 2. The number of hydrogen-bond donors (Lipinski definition) is 1. The third-order valence-corrected chi connectivity index (χ3v) is 4.52. The Morgan fingerprint density at radius 3 is 2.66 bits per heavy atom. The molecule has 9 heteroatoms. The Balaban J connectivity index is 1.76. The Morgan fingerprint density at radius 2 is 1.93 bits per heavy atom. The molecule has 0 saturated carbocycles. The molecule has 0 fully saturated rings. The van der Waals surface area contributed by atoms with Gasteiger partial charge in [-0.15, -0.1) is 0 Å². The number of fused-ring (bicyclic) bond motifs is 1. The van der Waals surface area contributed by atoms with E-state index in [0.717, 1.165) is 22.4 Å². The van der Waals surface area contributed by atoms with Crippen LogP contribution in [0.1, 0.15) is 29.7 Å². The molecular formula is C20H19F2N5O2. The third kappa shape index (κ3) is 3.89. The summed E-state index contributed by atoms with van der Waals surface area (Å²) in [7, 11) is 0.